The summed E-state index contributed by atoms with van der Waals surface area (Å²) in [6.45, 7) is 13.8. The predicted octanol–water partition coefficient (Wildman–Crippen LogP) is 8.75. The van der Waals surface area contributed by atoms with Gasteiger partial charge in [-0.25, -0.2) is 4.79 Å². The quantitative estimate of drug-likeness (QED) is 0.321. The van der Waals surface area contributed by atoms with Gasteiger partial charge in [0, 0.05) is 58.0 Å². The second kappa shape index (κ2) is 12.3. The predicted molar refractivity (Wildman–Crippen MR) is 169 cm³/mol. The van der Waals surface area contributed by atoms with E-state index >= 15 is 0 Å². The minimum absolute atomic E-state index is 0.190. The van der Waals surface area contributed by atoms with Crippen LogP contribution in [-0.4, -0.2) is 52.7 Å². The summed E-state index contributed by atoms with van der Waals surface area (Å²) in [5.74, 6) is 1.32. The third kappa shape index (κ3) is 6.90. The third-order valence-corrected chi connectivity index (χ3v) is 9.97. The molecule has 0 saturated carbocycles. The Kier molecular flexibility index (Phi) is 9.23. The average Bonchev–Trinajstić information content (AvgIpc) is 3.05. The molecule has 1 aromatic carbocycles. The number of carbonyl (C=O) groups is 1. The number of piperidine rings is 2. The van der Waals surface area contributed by atoms with E-state index in [-0.39, 0.29) is 12.0 Å². The number of hydrogen-bond acceptors (Lipinski definition) is 4. The zero-order valence-electron chi connectivity index (χ0n) is 23.8. The number of aromatic nitrogens is 1. The van der Waals surface area contributed by atoms with Gasteiger partial charge in [0.1, 0.15) is 5.60 Å². The van der Waals surface area contributed by atoms with Crippen molar-refractivity contribution in [2.45, 2.75) is 77.2 Å². The molecule has 8 heteroatoms. The zero-order chi connectivity index (χ0) is 28.6. The molecule has 1 atom stereocenters. The lowest BCUT2D eigenvalue weighted by molar-refractivity contribution is 0.0181. The van der Waals surface area contributed by atoms with Gasteiger partial charge in [0.25, 0.3) is 0 Å². The van der Waals surface area contributed by atoms with Gasteiger partial charge in [-0.15, -0.1) is 0 Å². The third-order valence-electron chi connectivity index (χ3n) is 8.67. The SMILES string of the molecule is C=C(CC1CCN(C(=O)OC(C)(C)C)CC1)N1CCC([C@H]2c3ncc(Br)cc3CCc3cc(Cl)cc(Br)c32)CC1. The molecule has 2 saturated heterocycles. The van der Waals surface area contributed by atoms with E-state index in [2.05, 4.69) is 55.5 Å². The van der Waals surface area contributed by atoms with Crippen LogP contribution in [0.5, 0.6) is 0 Å². The van der Waals surface area contributed by atoms with Crippen molar-refractivity contribution in [3.8, 4) is 0 Å². The number of ether oxygens (including phenoxy) is 1. The second-order valence-corrected chi connectivity index (χ2v) is 14.8. The number of rotatable bonds is 4. The van der Waals surface area contributed by atoms with E-state index in [1.54, 1.807) is 0 Å². The number of allylic oxidation sites excluding steroid dienone is 1. The molecule has 2 aromatic rings. The van der Waals surface area contributed by atoms with Crippen LogP contribution in [0, 0.1) is 11.8 Å². The zero-order valence-corrected chi connectivity index (χ0v) is 27.7. The minimum atomic E-state index is -0.453. The summed E-state index contributed by atoms with van der Waals surface area (Å²) in [5, 5.41) is 0.785. The maximum atomic E-state index is 12.4. The number of aryl methyl sites for hydroxylation is 2. The molecule has 216 valence electrons. The van der Waals surface area contributed by atoms with E-state index in [9.17, 15) is 4.79 Å². The van der Waals surface area contributed by atoms with Gasteiger partial charge in [-0.2, -0.15) is 0 Å². The molecule has 1 amide bonds. The van der Waals surface area contributed by atoms with Crippen molar-refractivity contribution in [2.24, 2.45) is 11.8 Å². The molecule has 1 aromatic heterocycles. The summed E-state index contributed by atoms with van der Waals surface area (Å²) in [7, 11) is 0. The number of halogens is 3. The number of benzene rings is 1. The van der Waals surface area contributed by atoms with Crippen LogP contribution in [-0.2, 0) is 17.6 Å². The Hall–Kier alpha value is -1.57. The van der Waals surface area contributed by atoms with Crippen molar-refractivity contribution >= 4 is 49.6 Å². The minimum Gasteiger partial charge on any atom is -0.444 e. The van der Waals surface area contributed by atoms with Crippen LogP contribution < -0.4 is 0 Å². The van der Waals surface area contributed by atoms with Gasteiger partial charge in [0.15, 0.2) is 0 Å². The molecule has 40 heavy (non-hydrogen) atoms. The summed E-state index contributed by atoms with van der Waals surface area (Å²) in [4.78, 5) is 21.8. The highest BCUT2D eigenvalue weighted by molar-refractivity contribution is 9.10. The normalized spacial score (nSPS) is 20.5. The fraction of sp³-hybridized carbons (Fsp3) is 0.562. The van der Waals surface area contributed by atoms with Crippen LogP contribution in [0.1, 0.15) is 81.2 Å². The molecule has 0 bridgehead atoms. The van der Waals surface area contributed by atoms with Crippen LogP contribution in [0.25, 0.3) is 0 Å². The van der Waals surface area contributed by atoms with Gasteiger partial charge >= 0.3 is 6.09 Å². The van der Waals surface area contributed by atoms with E-state index in [1.807, 2.05) is 37.9 Å². The lowest BCUT2D eigenvalue weighted by atomic mass is 9.76. The smallest absolute Gasteiger partial charge is 0.410 e. The maximum Gasteiger partial charge on any atom is 0.410 e. The van der Waals surface area contributed by atoms with Crippen molar-refractivity contribution in [1.29, 1.82) is 0 Å². The number of carbonyl (C=O) groups excluding carboxylic acids is 1. The van der Waals surface area contributed by atoms with Crippen molar-refractivity contribution in [2.75, 3.05) is 26.2 Å². The fourth-order valence-corrected chi connectivity index (χ4v) is 8.19. The van der Waals surface area contributed by atoms with Crippen LogP contribution in [0.2, 0.25) is 5.02 Å². The number of pyridine rings is 1. The molecule has 0 spiro atoms. The molecule has 5 nitrogen and oxygen atoms in total. The Labute approximate surface area is 260 Å². The molecular weight excluding hydrogens is 654 g/mol. The lowest BCUT2D eigenvalue weighted by Gasteiger charge is -2.40. The second-order valence-electron chi connectivity index (χ2n) is 12.6. The first-order chi connectivity index (χ1) is 19.0. The standard InChI is InChI=1S/C32H40Br2ClN3O2/c1-20(15-21-7-11-38(12-8-21)31(39)40-32(2,3)4)37-13-9-22(10-14-37)29-28-23(17-26(35)18-27(28)34)5-6-24-16-25(33)19-36-30(24)29/h16-19,21-22,29H,1,5-15H2,2-4H3/t29-/m1/s1. The van der Waals surface area contributed by atoms with E-state index < -0.39 is 5.60 Å². The number of amides is 1. The number of nitrogens with zero attached hydrogens (tertiary/aromatic N) is 3. The monoisotopic (exact) mass is 691 g/mol. The fourth-order valence-electron chi connectivity index (χ4n) is 6.69. The highest BCUT2D eigenvalue weighted by Gasteiger charge is 2.36. The molecule has 2 fully saturated rings. The summed E-state index contributed by atoms with van der Waals surface area (Å²) in [6.07, 6.45) is 8.92. The van der Waals surface area contributed by atoms with Crippen LogP contribution >= 0.6 is 43.5 Å². The van der Waals surface area contributed by atoms with Gasteiger partial charge in [-0.05, 0) is 128 Å². The summed E-state index contributed by atoms with van der Waals surface area (Å²) < 4.78 is 7.70. The first-order valence-electron chi connectivity index (χ1n) is 14.5. The number of fused-ring (bicyclic) bond motifs is 2. The van der Waals surface area contributed by atoms with Crippen molar-refractivity contribution in [3.05, 3.63) is 73.0 Å². The Morgan fingerprint density at radius 1 is 1.02 bits per heavy atom. The van der Waals surface area contributed by atoms with E-state index in [1.165, 1.54) is 28.1 Å². The van der Waals surface area contributed by atoms with E-state index in [4.69, 9.17) is 21.3 Å². The van der Waals surface area contributed by atoms with Gasteiger partial charge < -0.3 is 14.5 Å². The highest BCUT2D eigenvalue weighted by Crippen LogP contribution is 2.46. The van der Waals surface area contributed by atoms with Gasteiger partial charge in [-0.1, -0.05) is 34.1 Å². The Balaban J connectivity index is 1.23. The molecule has 3 heterocycles. The van der Waals surface area contributed by atoms with Crippen LogP contribution in [0.15, 0.2) is 45.6 Å². The summed E-state index contributed by atoms with van der Waals surface area (Å²) >= 11 is 14.0. The Morgan fingerprint density at radius 3 is 2.35 bits per heavy atom. The van der Waals surface area contributed by atoms with Gasteiger partial charge in [-0.3, -0.25) is 4.98 Å². The molecule has 1 aliphatic carbocycles. The topological polar surface area (TPSA) is 45.7 Å². The van der Waals surface area contributed by atoms with E-state index in [0.29, 0.717) is 11.8 Å². The average molecular weight is 694 g/mol. The van der Waals surface area contributed by atoms with Crippen molar-refractivity contribution < 1.29 is 9.53 Å². The highest BCUT2D eigenvalue weighted by atomic mass is 79.9. The molecule has 5 rings (SSSR count). The van der Waals surface area contributed by atoms with Crippen LogP contribution in [0.4, 0.5) is 4.79 Å². The number of hydrogen-bond donors (Lipinski definition) is 0. The van der Waals surface area contributed by atoms with Crippen molar-refractivity contribution in [1.82, 2.24) is 14.8 Å². The summed E-state index contributed by atoms with van der Waals surface area (Å²) in [5.41, 5.74) is 6.05. The summed E-state index contributed by atoms with van der Waals surface area (Å²) in [6, 6.07) is 6.45. The maximum absolute atomic E-state index is 12.4. The van der Waals surface area contributed by atoms with E-state index in [0.717, 1.165) is 85.1 Å². The van der Waals surface area contributed by atoms with Crippen molar-refractivity contribution in [3.63, 3.8) is 0 Å². The molecule has 0 radical (unpaired) electrons. The molecular formula is C32H40Br2ClN3O2. The van der Waals surface area contributed by atoms with Crippen LogP contribution in [0.3, 0.4) is 0 Å². The van der Waals surface area contributed by atoms with Gasteiger partial charge in [0.2, 0.25) is 0 Å². The largest absolute Gasteiger partial charge is 0.444 e. The number of likely N-dealkylation sites (tertiary alicyclic amines) is 2. The van der Waals surface area contributed by atoms with Gasteiger partial charge in [0.05, 0.1) is 5.69 Å². The lowest BCUT2D eigenvalue weighted by Crippen LogP contribution is -2.42. The Morgan fingerprint density at radius 2 is 1.68 bits per heavy atom. The Bertz CT molecular complexity index is 1260. The first-order valence-corrected chi connectivity index (χ1v) is 16.5. The molecule has 3 aliphatic rings. The molecule has 0 N–H and O–H groups in total. The molecule has 0 unspecified atom stereocenters. The first kappa shape index (κ1) is 29.9. The molecule has 2 aliphatic heterocycles.